The number of nitrogen functional groups attached to an aromatic ring is 1. The van der Waals surface area contributed by atoms with E-state index >= 15 is 0 Å². The van der Waals surface area contributed by atoms with Crippen LogP contribution in [0.25, 0.3) is 0 Å². The maximum atomic E-state index is 11.8. The van der Waals surface area contributed by atoms with Gasteiger partial charge in [0.25, 0.3) is 5.91 Å². The Labute approximate surface area is 117 Å². The van der Waals surface area contributed by atoms with Crippen LogP contribution in [0.2, 0.25) is 5.15 Å². The van der Waals surface area contributed by atoms with Crippen LogP contribution in [0, 0.1) is 0 Å². The third-order valence-electron chi connectivity index (χ3n) is 2.29. The van der Waals surface area contributed by atoms with Crippen molar-refractivity contribution in [2.75, 3.05) is 46.1 Å². The average molecular weight is 287 g/mol. The standard InChI is InChI=1S/C12H19ClN4O2/c1-17(2)4-6-19-5-3-15-12(18)9-7-10(13)16-11(14)8-9/h7-8H,3-6H2,1-2H3,(H2,14,16)(H,15,18). The van der Waals surface area contributed by atoms with Crippen molar-refractivity contribution < 1.29 is 9.53 Å². The van der Waals surface area contributed by atoms with Crippen molar-refractivity contribution in [3.63, 3.8) is 0 Å². The number of ether oxygens (including phenoxy) is 1. The summed E-state index contributed by atoms with van der Waals surface area (Å²) in [5.41, 5.74) is 5.91. The normalized spacial score (nSPS) is 10.7. The third kappa shape index (κ3) is 6.37. The highest BCUT2D eigenvalue weighted by molar-refractivity contribution is 6.29. The van der Waals surface area contributed by atoms with Crippen LogP contribution in [0.1, 0.15) is 10.4 Å². The number of hydrogen-bond donors (Lipinski definition) is 2. The molecule has 1 heterocycles. The predicted octanol–water partition coefficient (Wildman–Crippen LogP) is 0.625. The molecule has 106 valence electrons. The highest BCUT2D eigenvalue weighted by atomic mass is 35.5. The van der Waals surface area contributed by atoms with Crippen molar-refractivity contribution in [3.8, 4) is 0 Å². The zero-order valence-corrected chi connectivity index (χ0v) is 11.9. The van der Waals surface area contributed by atoms with Gasteiger partial charge in [-0.3, -0.25) is 4.79 Å². The third-order valence-corrected chi connectivity index (χ3v) is 2.48. The van der Waals surface area contributed by atoms with Crippen LogP contribution in [0.4, 0.5) is 5.82 Å². The fraction of sp³-hybridized carbons (Fsp3) is 0.500. The fourth-order valence-electron chi connectivity index (χ4n) is 1.34. The molecule has 0 saturated carbocycles. The Hall–Kier alpha value is -1.37. The summed E-state index contributed by atoms with van der Waals surface area (Å²) >= 11 is 5.73. The Morgan fingerprint density at radius 1 is 1.47 bits per heavy atom. The molecule has 0 aliphatic carbocycles. The molecular weight excluding hydrogens is 268 g/mol. The van der Waals surface area contributed by atoms with Gasteiger partial charge in [0.15, 0.2) is 0 Å². The van der Waals surface area contributed by atoms with Crippen LogP contribution in [0.5, 0.6) is 0 Å². The number of hydrogen-bond acceptors (Lipinski definition) is 5. The van der Waals surface area contributed by atoms with E-state index in [0.717, 1.165) is 6.54 Å². The maximum absolute atomic E-state index is 11.8. The molecule has 1 aromatic rings. The first-order valence-corrected chi connectivity index (χ1v) is 6.30. The minimum atomic E-state index is -0.243. The van der Waals surface area contributed by atoms with Gasteiger partial charge in [0, 0.05) is 18.7 Å². The van der Waals surface area contributed by atoms with Crippen LogP contribution in [0.15, 0.2) is 12.1 Å². The lowest BCUT2D eigenvalue weighted by molar-refractivity contribution is 0.0900. The van der Waals surface area contributed by atoms with Crippen molar-refractivity contribution in [3.05, 3.63) is 22.8 Å². The Morgan fingerprint density at radius 2 is 2.21 bits per heavy atom. The number of carbonyl (C=O) groups excluding carboxylic acids is 1. The second-order valence-corrected chi connectivity index (χ2v) is 4.66. The maximum Gasteiger partial charge on any atom is 0.251 e. The molecule has 0 atom stereocenters. The minimum Gasteiger partial charge on any atom is -0.384 e. The summed E-state index contributed by atoms with van der Waals surface area (Å²) in [6, 6.07) is 2.95. The first-order chi connectivity index (χ1) is 8.99. The lowest BCUT2D eigenvalue weighted by Crippen LogP contribution is -2.28. The number of nitrogens with two attached hydrogens (primary N) is 1. The van der Waals surface area contributed by atoms with Gasteiger partial charge in [-0.1, -0.05) is 11.6 Å². The van der Waals surface area contributed by atoms with Gasteiger partial charge in [0.1, 0.15) is 11.0 Å². The summed E-state index contributed by atoms with van der Waals surface area (Å²) in [4.78, 5) is 17.6. The molecule has 0 aliphatic heterocycles. The quantitative estimate of drug-likeness (QED) is 0.567. The number of carbonyl (C=O) groups is 1. The van der Waals surface area contributed by atoms with Gasteiger partial charge in [-0.25, -0.2) is 4.98 Å². The molecule has 19 heavy (non-hydrogen) atoms. The molecule has 6 nitrogen and oxygen atoms in total. The Kier molecular flexibility index (Phi) is 6.55. The van der Waals surface area contributed by atoms with E-state index in [-0.39, 0.29) is 16.9 Å². The SMILES string of the molecule is CN(C)CCOCCNC(=O)c1cc(N)nc(Cl)c1. The number of nitrogens with zero attached hydrogens (tertiary/aromatic N) is 2. The summed E-state index contributed by atoms with van der Waals surface area (Å²) in [6.07, 6.45) is 0. The summed E-state index contributed by atoms with van der Waals surface area (Å²) in [5.74, 6) is -0.0212. The van der Waals surface area contributed by atoms with Crippen molar-refractivity contribution in [1.29, 1.82) is 0 Å². The van der Waals surface area contributed by atoms with Gasteiger partial charge in [-0.15, -0.1) is 0 Å². The van der Waals surface area contributed by atoms with Gasteiger partial charge in [0.2, 0.25) is 0 Å². The van der Waals surface area contributed by atoms with E-state index < -0.39 is 0 Å². The van der Waals surface area contributed by atoms with E-state index in [9.17, 15) is 4.79 Å². The van der Waals surface area contributed by atoms with E-state index in [1.807, 2.05) is 19.0 Å². The lowest BCUT2D eigenvalue weighted by Gasteiger charge is -2.10. The van der Waals surface area contributed by atoms with Crippen LogP contribution in [-0.2, 0) is 4.74 Å². The molecule has 0 aromatic carbocycles. The average Bonchev–Trinajstić information content (AvgIpc) is 2.31. The van der Waals surface area contributed by atoms with Crippen LogP contribution < -0.4 is 11.1 Å². The number of likely N-dealkylation sites (N-methyl/N-ethyl adjacent to an activating group) is 1. The van der Waals surface area contributed by atoms with E-state index in [4.69, 9.17) is 22.1 Å². The number of rotatable bonds is 7. The van der Waals surface area contributed by atoms with Crippen LogP contribution >= 0.6 is 11.6 Å². The minimum absolute atomic E-state index is 0.201. The molecule has 0 radical (unpaired) electrons. The number of pyridine rings is 1. The predicted molar refractivity (Wildman–Crippen MR) is 75.4 cm³/mol. The van der Waals surface area contributed by atoms with Gasteiger partial charge in [-0.05, 0) is 26.2 Å². The van der Waals surface area contributed by atoms with E-state index in [0.29, 0.717) is 25.3 Å². The van der Waals surface area contributed by atoms with Gasteiger partial charge >= 0.3 is 0 Å². The second kappa shape index (κ2) is 7.93. The number of aromatic nitrogens is 1. The van der Waals surface area contributed by atoms with E-state index in [2.05, 4.69) is 10.3 Å². The monoisotopic (exact) mass is 286 g/mol. The number of amides is 1. The Morgan fingerprint density at radius 3 is 2.84 bits per heavy atom. The highest BCUT2D eigenvalue weighted by Crippen LogP contribution is 2.11. The molecular formula is C12H19ClN4O2. The molecule has 0 aliphatic rings. The van der Waals surface area contributed by atoms with Crippen molar-refractivity contribution in [2.45, 2.75) is 0 Å². The van der Waals surface area contributed by atoms with Crippen molar-refractivity contribution >= 4 is 23.3 Å². The fourth-order valence-corrected chi connectivity index (χ4v) is 1.55. The van der Waals surface area contributed by atoms with Gasteiger partial charge in [-0.2, -0.15) is 0 Å². The Balaban J connectivity index is 2.27. The van der Waals surface area contributed by atoms with E-state index in [1.165, 1.54) is 12.1 Å². The zero-order chi connectivity index (χ0) is 14.3. The van der Waals surface area contributed by atoms with Crippen molar-refractivity contribution in [1.82, 2.24) is 15.2 Å². The lowest BCUT2D eigenvalue weighted by atomic mass is 10.2. The van der Waals surface area contributed by atoms with Crippen molar-refractivity contribution in [2.24, 2.45) is 0 Å². The van der Waals surface area contributed by atoms with Crippen LogP contribution in [-0.4, -0.2) is 56.2 Å². The highest BCUT2D eigenvalue weighted by Gasteiger charge is 2.07. The number of nitrogens with one attached hydrogen (secondary N) is 1. The zero-order valence-electron chi connectivity index (χ0n) is 11.1. The molecule has 0 fully saturated rings. The molecule has 1 amide bonds. The molecule has 7 heteroatoms. The molecule has 1 aromatic heterocycles. The van der Waals surface area contributed by atoms with Gasteiger partial charge < -0.3 is 20.7 Å². The summed E-state index contributed by atoms with van der Waals surface area (Å²) in [5, 5.41) is 2.92. The second-order valence-electron chi connectivity index (χ2n) is 4.27. The first-order valence-electron chi connectivity index (χ1n) is 5.93. The molecule has 0 bridgehead atoms. The molecule has 1 rings (SSSR count). The first kappa shape index (κ1) is 15.7. The Bertz CT molecular complexity index is 406. The summed E-state index contributed by atoms with van der Waals surface area (Å²) < 4.78 is 5.36. The smallest absolute Gasteiger partial charge is 0.251 e. The molecule has 0 saturated heterocycles. The number of halogens is 1. The topological polar surface area (TPSA) is 80.5 Å². The number of anilines is 1. The molecule has 0 spiro atoms. The molecule has 3 N–H and O–H groups in total. The largest absolute Gasteiger partial charge is 0.384 e. The van der Waals surface area contributed by atoms with E-state index in [1.54, 1.807) is 0 Å². The molecule has 0 unspecified atom stereocenters. The summed E-state index contributed by atoms with van der Waals surface area (Å²) in [7, 11) is 3.95. The summed E-state index contributed by atoms with van der Waals surface area (Å²) in [6.45, 7) is 2.39. The van der Waals surface area contributed by atoms with Gasteiger partial charge in [0.05, 0.1) is 13.2 Å². The van der Waals surface area contributed by atoms with Crippen LogP contribution in [0.3, 0.4) is 0 Å².